The molecule has 0 spiro atoms. The van der Waals surface area contributed by atoms with Gasteiger partial charge in [-0.1, -0.05) is 19.9 Å². The summed E-state index contributed by atoms with van der Waals surface area (Å²) in [5.74, 6) is 0.189. The first-order valence-electron chi connectivity index (χ1n) is 6.21. The molecule has 0 bridgehead atoms. The molecule has 106 valence electrons. The van der Waals surface area contributed by atoms with E-state index < -0.39 is 11.0 Å². The maximum Gasteiger partial charge on any atom is 0.310 e. The molecule has 0 aliphatic rings. The van der Waals surface area contributed by atoms with Crippen molar-refractivity contribution >= 4 is 5.69 Å². The van der Waals surface area contributed by atoms with Gasteiger partial charge in [-0.05, 0) is 18.6 Å². The van der Waals surface area contributed by atoms with E-state index in [1.807, 2.05) is 13.8 Å². The van der Waals surface area contributed by atoms with Crippen LogP contribution in [0.4, 0.5) is 5.69 Å². The zero-order valence-corrected chi connectivity index (χ0v) is 11.4. The van der Waals surface area contributed by atoms with Crippen molar-refractivity contribution in [3.63, 3.8) is 0 Å². The van der Waals surface area contributed by atoms with Gasteiger partial charge >= 0.3 is 5.69 Å². The molecule has 0 saturated carbocycles. The Labute approximate surface area is 112 Å². The lowest BCUT2D eigenvalue weighted by atomic mass is 10.2. The molecule has 0 fully saturated rings. The predicted molar refractivity (Wildman–Crippen MR) is 72.2 cm³/mol. The van der Waals surface area contributed by atoms with Crippen LogP contribution in [0.25, 0.3) is 0 Å². The summed E-state index contributed by atoms with van der Waals surface area (Å²) in [6, 6.07) is 5.09. The van der Waals surface area contributed by atoms with E-state index >= 15 is 0 Å². The van der Waals surface area contributed by atoms with Crippen molar-refractivity contribution < 1.29 is 14.8 Å². The smallest absolute Gasteiger partial charge is 0.310 e. The Balaban J connectivity index is 2.87. The van der Waals surface area contributed by atoms with Gasteiger partial charge in [-0.3, -0.25) is 10.1 Å². The maximum absolute atomic E-state index is 10.9. The molecule has 1 aromatic carbocycles. The molecule has 1 unspecified atom stereocenters. The molecule has 1 rings (SSSR count). The monoisotopic (exact) mass is 268 g/mol. The van der Waals surface area contributed by atoms with Crippen LogP contribution in [0.1, 0.15) is 26.3 Å². The largest absolute Gasteiger partial charge is 0.484 e. The van der Waals surface area contributed by atoms with Crippen molar-refractivity contribution in [1.82, 2.24) is 5.32 Å². The SMILES string of the molecule is CC(O)COc1cc(CNC(C)C)ccc1[N+](=O)[O-]. The third-order valence-electron chi connectivity index (χ3n) is 2.42. The number of nitro groups is 1. The summed E-state index contributed by atoms with van der Waals surface area (Å²) < 4.78 is 5.29. The third kappa shape index (κ3) is 5.23. The van der Waals surface area contributed by atoms with E-state index in [1.165, 1.54) is 6.07 Å². The van der Waals surface area contributed by atoms with Gasteiger partial charge in [-0.15, -0.1) is 0 Å². The summed E-state index contributed by atoms with van der Waals surface area (Å²) in [7, 11) is 0. The first kappa shape index (κ1) is 15.4. The highest BCUT2D eigenvalue weighted by Crippen LogP contribution is 2.28. The van der Waals surface area contributed by atoms with Crippen LogP contribution in [-0.4, -0.2) is 28.8 Å². The molecule has 6 heteroatoms. The van der Waals surface area contributed by atoms with Crippen LogP contribution in [0.3, 0.4) is 0 Å². The van der Waals surface area contributed by atoms with E-state index in [9.17, 15) is 15.2 Å². The molecule has 1 atom stereocenters. The number of benzene rings is 1. The van der Waals surface area contributed by atoms with Crippen LogP contribution in [0, 0.1) is 10.1 Å². The van der Waals surface area contributed by atoms with Crippen molar-refractivity contribution in [3.8, 4) is 5.75 Å². The van der Waals surface area contributed by atoms with Gasteiger partial charge in [0, 0.05) is 18.7 Å². The Morgan fingerprint density at radius 1 is 1.42 bits per heavy atom. The van der Waals surface area contributed by atoms with E-state index in [0.29, 0.717) is 12.6 Å². The first-order chi connectivity index (χ1) is 8.90. The first-order valence-corrected chi connectivity index (χ1v) is 6.21. The number of nitro benzene ring substituents is 1. The van der Waals surface area contributed by atoms with Crippen molar-refractivity contribution in [2.45, 2.75) is 39.5 Å². The molecule has 0 saturated heterocycles. The van der Waals surface area contributed by atoms with Crippen LogP contribution in [0.2, 0.25) is 0 Å². The number of rotatable bonds is 7. The van der Waals surface area contributed by atoms with E-state index in [0.717, 1.165) is 5.56 Å². The van der Waals surface area contributed by atoms with Crippen molar-refractivity contribution in [2.75, 3.05) is 6.61 Å². The lowest BCUT2D eigenvalue weighted by Crippen LogP contribution is -2.22. The van der Waals surface area contributed by atoms with Crippen LogP contribution in [-0.2, 0) is 6.54 Å². The summed E-state index contributed by atoms with van der Waals surface area (Å²) in [5, 5.41) is 23.3. The molecule has 6 nitrogen and oxygen atoms in total. The number of aliphatic hydroxyl groups excluding tert-OH is 1. The van der Waals surface area contributed by atoms with Crippen LogP contribution in [0.15, 0.2) is 18.2 Å². The third-order valence-corrected chi connectivity index (χ3v) is 2.42. The van der Waals surface area contributed by atoms with Crippen molar-refractivity contribution in [1.29, 1.82) is 0 Å². The van der Waals surface area contributed by atoms with Gasteiger partial charge in [0.05, 0.1) is 11.0 Å². The van der Waals surface area contributed by atoms with Gasteiger partial charge in [0.2, 0.25) is 0 Å². The van der Waals surface area contributed by atoms with Crippen molar-refractivity contribution in [2.24, 2.45) is 0 Å². The van der Waals surface area contributed by atoms with Crippen LogP contribution >= 0.6 is 0 Å². The standard InChI is InChI=1S/C13H20N2O4/c1-9(2)14-7-11-4-5-12(15(17)18)13(6-11)19-8-10(3)16/h4-6,9-10,14,16H,7-8H2,1-3H3. The molecular weight excluding hydrogens is 248 g/mol. The molecular formula is C13H20N2O4. The number of nitrogens with one attached hydrogen (secondary N) is 1. The van der Waals surface area contributed by atoms with Crippen LogP contribution in [0.5, 0.6) is 5.75 Å². The summed E-state index contributed by atoms with van der Waals surface area (Å²) >= 11 is 0. The van der Waals surface area contributed by atoms with Crippen LogP contribution < -0.4 is 10.1 Å². The molecule has 1 aromatic rings. The van der Waals surface area contributed by atoms with E-state index in [4.69, 9.17) is 4.74 Å². The number of ether oxygens (including phenoxy) is 1. The highest BCUT2D eigenvalue weighted by molar-refractivity contribution is 5.48. The number of hydrogen-bond acceptors (Lipinski definition) is 5. The van der Waals surface area contributed by atoms with E-state index in [-0.39, 0.29) is 18.0 Å². The Hall–Kier alpha value is -1.66. The minimum atomic E-state index is -0.669. The number of aliphatic hydroxyl groups is 1. The minimum Gasteiger partial charge on any atom is -0.484 e. The highest BCUT2D eigenvalue weighted by atomic mass is 16.6. The Morgan fingerprint density at radius 3 is 2.63 bits per heavy atom. The quantitative estimate of drug-likeness (QED) is 0.582. The fraction of sp³-hybridized carbons (Fsp3) is 0.538. The van der Waals surface area contributed by atoms with Gasteiger partial charge in [-0.2, -0.15) is 0 Å². The molecule has 0 radical (unpaired) electrons. The second-order valence-electron chi connectivity index (χ2n) is 4.75. The lowest BCUT2D eigenvalue weighted by molar-refractivity contribution is -0.385. The van der Waals surface area contributed by atoms with Gasteiger partial charge < -0.3 is 15.2 Å². The van der Waals surface area contributed by atoms with Crippen molar-refractivity contribution in [3.05, 3.63) is 33.9 Å². The number of hydrogen-bond donors (Lipinski definition) is 2. The average molecular weight is 268 g/mol. The zero-order valence-electron chi connectivity index (χ0n) is 11.4. The normalized spacial score (nSPS) is 12.5. The summed E-state index contributed by atoms with van der Waals surface area (Å²) in [5.41, 5.74) is 0.814. The predicted octanol–water partition coefficient (Wildman–Crippen LogP) is 1.85. The lowest BCUT2D eigenvalue weighted by Gasteiger charge is -2.11. The Kier molecular flexibility index (Phi) is 5.72. The molecule has 0 aliphatic carbocycles. The maximum atomic E-state index is 10.9. The highest BCUT2D eigenvalue weighted by Gasteiger charge is 2.16. The van der Waals surface area contributed by atoms with Gasteiger partial charge in [0.25, 0.3) is 0 Å². The fourth-order valence-corrected chi connectivity index (χ4v) is 1.47. The topological polar surface area (TPSA) is 84.6 Å². The zero-order chi connectivity index (χ0) is 14.4. The van der Waals surface area contributed by atoms with Gasteiger partial charge in [-0.25, -0.2) is 0 Å². The molecule has 2 N–H and O–H groups in total. The fourth-order valence-electron chi connectivity index (χ4n) is 1.47. The van der Waals surface area contributed by atoms with E-state index in [2.05, 4.69) is 5.32 Å². The molecule has 0 aliphatic heterocycles. The number of nitrogens with zero attached hydrogens (tertiary/aromatic N) is 1. The second kappa shape index (κ2) is 7.06. The average Bonchev–Trinajstić information content (AvgIpc) is 2.33. The molecule has 19 heavy (non-hydrogen) atoms. The molecule has 0 aromatic heterocycles. The van der Waals surface area contributed by atoms with E-state index in [1.54, 1.807) is 19.1 Å². The summed E-state index contributed by atoms with van der Waals surface area (Å²) in [6.45, 7) is 6.26. The Morgan fingerprint density at radius 2 is 2.11 bits per heavy atom. The molecule has 0 heterocycles. The Bertz CT molecular complexity index is 433. The molecule has 0 amide bonds. The summed E-state index contributed by atoms with van der Waals surface area (Å²) in [4.78, 5) is 10.4. The minimum absolute atomic E-state index is 0.0297. The second-order valence-corrected chi connectivity index (χ2v) is 4.75. The summed E-state index contributed by atoms with van der Waals surface area (Å²) in [6.07, 6.45) is -0.669. The van der Waals surface area contributed by atoms with Gasteiger partial charge in [0.1, 0.15) is 6.61 Å². The van der Waals surface area contributed by atoms with Gasteiger partial charge in [0.15, 0.2) is 5.75 Å².